The molecule has 3 rings (SSSR count). The monoisotopic (exact) mass is 291 g/mol. The van der Waals surface area contributed by atoms with Gasteiger partial charge in [0.2, 0.25) is 0 Å². The third kappa shape index (κ3) is 2.68. The van der Waals surface area contributed by atoms with Crippen molar-refractivity contribution in [3.05, 3.63) is 65.2 Å². The second kappa shape index (κ2) is 5.64. The molecule has 0 amide bonds. The smallest absolute Gasteiger partial charge is 0.0475 e. The van der Waals surface area contributed by atoms with Crippen molar-refractivity contribution in [3.63, 3.8) is 0 Å². The van der Waals surface area contributed by atoms with E-state index in [1.807, 2.05) is 0 Å². The molecule has 0 radical (unpaired) electrons. The summed E-state index contributed by atoms with van der Waals surface area (Å²) in [6.07, 6.45) is 3.54. The molecule has 22 heavy (non-hydrogen) atoms. The minimum absolute atomic E-state index is 0.256. The van der Waals surface area contributed by atoms with Gasteiger partial charge >= 0.3 is 0 Å². The van der Waals surface area contributed by atoms with E-state index in [-0.39, 0.29) is 5.41 Å². The first-order chi connectivity index (χ1) is 10.5. The molecule has 114 valence electrons. The zero-order valence-corrected chi connectivity index (χ0v) is 14.1. The van der Waals surface area contributed by atoms with Crippen LogP contribution in [0.1, 0.15) is 43.9 Å². The molecular weight excluding hydrogens is 266 g/mol. The normalized spacial score (nSPS) is 17.3. The first kappa shape index (κ1) is 14.9. The molecule has 0 saturated heterocycles. The SMILES string of the molecule is CC(=Cc1cccc2c1N(C)CCC2(C)C)c1ccccc1. The van der Waals surface area contributed by atoms with Crippen molar-refractivity contribution < 1.29 is 0 Å². The summed E-state index contributed by atoms with van der Waals surface area (Å²) in [5, 5.41) is 0. The van der Waals surface area contributed by atoms with E-state index in [0.717, 1.165) is 6.54 Å². The first-order valence-corrected chi connectivity index (χ1v) is 8.07. The van der Waals surface area contributed by atoms with Crippen molar-refractivity contribution in [2.24, 2.45) is 0 Å². The summed E-state index contributed by atoms with van der Waals surface area (Å²) < 4.78 is 0. The van der Waals surface area contributed by atoms with Gasteiger partial charge in [-0.2, -0.15) is 0 Å². The molecule has 1 heteroatoms. The Hall–Kier alpha value is -2.02. The van der Waals surface area contributed by atoms with Crippen molar-refractivity contribution in [2.75, 3.05) is 18.5 Å². The molecule has 0 bridgehead atoms. The van der Waals surface area contributed by atoms with E-state index < -0.39 is 0 Å². The van der Waals surface area contributed by atoms with Gasteiger partial charge in [-0.1, -0.05) is 62.4 Å². The van der Waals surface area contributed by atoms with Crippen LogP contribution in [0.4, 0.5) is 5.69 Å². The molecule has 0 N–H and O–H groups in total. The van der Waals surface area contributed by atoms with E-state index in [9.17, 15) is 0 Å². The number of hydrogen-bond acceptors (Lipinski definition) is 1. The number of nitrogens with zero attached hydrogens (tertiary/aromatic N) is 1. The van der Waals surface area contributed by atoms with Gasteiger partial charge in [0, 0.05) is 19.3 Å². The Balaban J connectivity index is 2.10. The van der Waals surface area contributed by atoms with Crippen molar-refractivity contribution in [3.8, 4) is 0 Å². The summed E-state index contributed by atoms with van der Waals surface area (Å²) in [7, 11) is 2.21. The van der Waals surface area contributed by atoms with Crippen LogP contribution >= 0.6 is 0 Å². The summed E-state index contributed by atoms with van der Waals surface area (Å²) in [5.74, 6) is 0. The highest BCUT2D eigenvalue weighted by Gasteiger charge is 2.30. The van der Waals surface area contributed by atoms with Crippen molar-refractivity contribution in [2.45, 2.75) is 32.6 Å². The van der Waals surface area contributed by atoms with E-state index in [1.165, 1.54) is 34.4 Å². The summed E-state index contributed by atoms with van der Waals surface area (Å²) >= 11 is 0. The molecule has 1 heterocycles. The maximum atomic E-state index is 2.41. The zero-order chi connectivity index (χ0) is 15.7. The molecule has 0 atom stereocenters. The minimum atomic E-state index is 0.256. The lowest BCUT2D eigenvalue weighted by atomic mass is 9.76. The van der Waals surface area contributed by atoms with Crippen molar-refractivity contribution in [1.29, 1.82) is 0 Å². The highest BCUT2D eigenvalue weighted by molar-refractivity contribution is 5.86. The molecule has 2 aromatic rings. The highest BCUT2D eigenvalue weighted by Crippen LogP contribution is 2.41. The average molecular weight is 291 g/mol. The predicted molar refractivity (Wildman–Crippen MR) is 97.3 cm³/mol. The van der Waals surface area contributed by atoms with Gasteiger partial charge in [0.05, 0.1) is 0 Å². The van der Waals surface area contributed by atoms with E-state index in [2.05, 4.69) is 87.3 Å². The van der Waals surface area contributed by atoms with Crippen LogP contribution in [0.15, 0.2) is 48.5 Å². The van der Waals surface area contributed by atoms with E-state index >= 15 is 0 Å². The fourth-order valence-corrected chi connectivity index (χ4v) is 3.36. The van der Waals surface area contributed by atoms with Crippen LogP contribution in [-0.4, -0.2) is 13.6 Å². The highest BCUT2D eigenvalue weighted by atomic mass is 15.1. The lowest BCUT2D eigenvalue weighted by Crippen LogP contribution is -2.35. The van der Waals surface area contributed by atoms with Crippen LogP contribution in [0.3, 0.4) is 0 Å². The molecule has 0 unspecified atom stereocenters. The number of fused-ring (bicyclic) bond motifs is 1. The van der Waals surface area contributed by atoms with E-state index in [0.29, 0.717) is 0 Å². The lowest BCUT2D eigenvalue weighted by Gasteiger charge is -2.39. The molecule has 1 nitrogen and oxygen atoms in total. The minimum Gasteiger partial charge on any atom is -0.374 e. The number of hydrogen-bond donors (Lipinski definition) is 0. The van der Waals surface area contributed by atoms with Crippen LogP contribution < -0.4 is 4.90 Å². The molecule has 0 fully saturated rings. The van der Waals surface area contributed by atoms with Gasteiger partial charge in [-0.25, -0.2) is 0 Å². The summed E-state index contributed by atoms with van der Waals surface area (Å²) in [4.78, 5) is 2.41. The molecule has 1 aliphatic heterocycles. The van der Waals surface area contributed by atoms with Crippen LogP contribution in [0, 0.1) is 0 Å². The van der Waals surface area contributed by atoms with Crippen LogP contribution in [0.2, 0.25) is 0 Å². The van der Waals surface area contributed by atoms with Gasteiger partial charge in [-0.15, -0.1) is 0 Å². The quantitative estimate of drug-likeness (QED) is 0.673. The number of allylic oxidation sites excluding steroid dienone is 1. The largest absolute Gasteiger partial charge is 0.374 e. The Bertz CT molecular complexity index is 695. The van der Waals surface area contributed by atoms with Gasteiger partial charge in [-0.3, -0.25) is 0 Å². The molecule has 0 spiro atoms. The first-order valence-electron chi connectivity index (χ1n) is 8.07. The molecule has 0 aliphatic carbocycles. The lowest BCUT2D eigenvalue weighted by molar-refractivity contribution is 0.462. The van der Waals surface area contributed by atoms with Crippen molar-refractivity contribution >= 4 is 17.3 Å². The van der Waals surface area contributed by atoms with E-state index in [4.69, 9.17) is 0 Å². The number of anilines is 1. The molecule has 1 aliphatic rings. The Kier molecular flexibility index (Phi) is 3.82. The fourth-order valence-electron chi connectivity index (χ4n) is 3.36. The fraction of sp³-hybridized carbons (Fsp3) is 0.333. The molecule has 0 aromatic heterocycles. The van der Waals surface area contributed by atoms with Gasteiger partial charge in [-0.05, 0) is 47.1 Å². The molecule has 2 aromatic carbocycles. The standard InChI is InChI=1S/C21H25N/c1-16(17-9-6-5-7-10-17)15-18-11-8-12-19-20(18)22(4)14-13-21(19,2)3/h5-12,15H,13-14H2,1-4H3. The second-order valence-corrected chi connectivity index (χ2v) is 6.99. The van der Waals surface area contributed by atoms with Gasteiger partial charge in [0.25, 0.3) is 0 Å². The maximum absolute atomic E-state index is 2.41. The van der Waals surface area contributed by atoms with E-state index in [1.54, 1.807) is 0 Å². The number of benzene rings is 2. The zero-order valence-electron chi connectivity index (χ0n) is 14.1. The topological polar surface area (TPSA) is 3.24 Å². The van der Waals surface area contributed by atoms with Crippen LogP contribution in [0.5, 0.6) is 0 Å². The Morgan fingerprint density at radius 1 is 1.05 bits per heavy atom. The Labute approximate surface area is 134 Å². The van der Waals surface area contributed by atoms with Gasteiger partial charge in [0.15, 0.2) is 0 Å². The number of para-hydroxylation sites is 1. The van der Waals surface area contributed by atoms with Crippen molar-refractivity contribution in [1.82, 2.24) is 0 Å². The summed E-state index contributed by atoms with van der Waals surface area (Å²) in [6.45, 7) is 8.03. The third-order valence-corrected chi connectivity index (χ3v) is 4.85. The molecular formula is C21H25N. The predicted octanol–water partition coefficient (Wildman–Crippen LogP) is 5.36. The second-order valence-electron chi connectivity index (χ2n) is 6.99. The van der Waals surface area contributed by atoms with Crippen LogP contribution in [0.25, 0.3) is 11.6 Å². The van der Waals surface area contributed by atoms with Gasteiger partial charge in [0.1, 0.15) is 0 Å². The average Bonchev–Trinajstić information content (AvgIpc) is 2.52. The van der Waals surface area contributed by atoms with Crippen LogP contribution in [-0.2, 0) is 5.41 Å². The maximum Gasteiger partial charge on any atom is 0.0475 e. The Morgan fingerprint density at radius 3 is 2.50 bits per heavy atom. The summed E-state index contributed by atoms with van der Waals surface area (Å²) in [5.41, 5.74) is 7.05. The van der Waals surface area contributed by atoms with Gasteiger partial charge < -0.3 is 4.90 Å². The Morgan fingerprint density at radius 2 is 1.77 bits per heavy atom. The molecule has 0 saturated carbocycles. The third-order valence-electron chi connectivity index (χ3n) is 4.85. The summed E-state index contributed by atoms with van der Waals surface area (Å²) in [6, 6.07) is 17.3. The number of rotatable bonds is 2.